The van der Waals surface area contributed by atoms with Crippen molar-refractivity contribution in [2.45, 2.75) is 24.7 Å². The molecule has 2 heterocycles. The van der Waals surface area contributed by atoms with Crippen LogP contribution in [0.15, 0.2) is 83.9 Å². The van der Waals surface area contributed by atoms with Crippen LogP contribution in [0.3, 0.4) is 0 Å². The lowest BCUT2D eigenvalue weighted by Gasteiger charge is -2.30. The maximum Gasteiger partial charge on any atom is 0.319 e. The predicted octanol–water partition coefficient (Wildman–Crippen LogP) is 4.58. The number of morpholine rings is 1. The van der Waals surface area contributed by atoms with Gasteiger partial charge in [0.25, 0.3) is 10.0 Å². The van der Waals surface area contributed by atoms with Crippen LogP contribution < -0.4 is 25.0 Å². The summed E-state index contributed by atoms with van der Waals surface area (Å²) in [6.45, 7) is 4.54. The zero-order chi connectivity index (χ0) is 30.2. The third kappa shape index (κ3) is 7.65. The van der Waals surface area contributed by atoms with Gasteiger partial charge in [-0.3, -0.25) is 4.72 Å². The quantitative estimate of drug-likeness (QED) is 0.214. The number of methoxy groups -OCH3 is 1. The van der Waals surface area contributed by atoms with Crippen LogP contribution in [0, 0.1) is 6.92 Å². The van der Waals surface area contributed by atoms with E-state index in [0.29, 0.717) is 55.7 Å². The van der Waals surface area contributed by atoms with E-state index in [9.17, 15) is 13.2 Å². The van der Waals surface area contributed by atoms with Crippen molar-refractivity contribution in [2.75, 3.05) is 54.9 Å². The first-order chi connectivity index (χ1) is 20.8. The van der Waals surface area contributed by atoms with Gasteiger partial charge in [0.1, 0.15) is 10.6 Å². The van der Waals surface area contributed by atoms with Crippen LogP contribution in [-0.2, 0) is 21.2 Å². The van der Waals surface area contributed by atoms with Gasteiger partial charge in [-0.2, -0.15) is 5.10 Å². The number of carbonyl (C=O) groups excluding carboxylic acids is 1. The number of nitrogens with zero attached hydrogens (tertiary/aromatic N) is 3. The predicted molar refractivity (Wildman–Crippen MR) is 167 cm³/mol. The van der Waals surface area contributed by atoms with Gasteiger partial charge in [0.2, 0.25) is 0 Å². The second kappa shape index (κ2) is 13.6. The number of anilines is 3. The summed E-state index contributed by atoms with van der Waals surface area (Å²) in [7, 11) is -2.45. The van der Waals surface area contributed by atoms with E-state index >= 15 is 0 Å². The molecule has 1 aromatic heterocycles. The SMILES string of the molecule is COc1ccc(NS(=O)(=O)c2cc(NC(=O)NCCCc3cn(-c4ccccc4)nc3C)ccc2N2CCOCC2)cc1. The highest BCUT2D eigenvalue weighted by atomic mass is 32.2. The molecule has 1 aliphatic rings. The molecule has 2 amide bonds. The molecule has 226 valence electrons. The maximum atomic E-state index is 13.6. The number of aryl methyl sites for hydroxylation is 2. The summed E-state index contributed by atoms with van der Waals surface area (Å²) in [6.07, 6.45) is 3.49. The van der Waals surface area contributed by atoms with Gasteiger partial charge < -0.3 is 25.0 Å². The number of amides is 2. The molecule has 12 heteroatoms. The fourth-order valence-corrected chi connectivity index (χ4v) is 6.16. The van der Waals surface area contributed by atoms with Crippen LogP contribution >= 0.6 is 0 Å². The Balaban J connectivity index is 1.23. The minimum Gasteiger partial charge on any atom is -0.497 e. The topological polar surface area (TPSA) is 127 Å². The number of hydrogen-bond acceptors (Lipinski definition) is 7. The van der Waals surface area contributed by atoms with E-state index < -0.39 is 16.1 Å². The molecule has 5 rings (SSSR count). The highest BCUT2D eigenvalue weighted by Gasteiger charge is 2.24. The van der Waals surface area contributed by atoms with Crippen LogP contribution in [0.4, 0.5) is 21.9 Å². The molecule has 4 aromatic rings. The molecule has 3 aromatic carbocycles. The number of aromatic nitrogens is 2. The van der Waals surface area contributed by atoms with Gasteiger partial charge in [-0.05, 0) is 79.9 Å². The molecule has 3 N–H and O–H groups in total. The highest BCUT2D eigenvalue weighted by molar-refractivity contribution is 7.92. The van der Waals surface area contributed by atoms with Crippen LogP contribution in [0.2, 0.25) is 0 Å². The molecule has 0 bridgehead atoms. The highest BCUT2D eigenvalue weighted by Crippen LogP contribution is 2.31. The monoisotopic (exact) mass is 604 g/mol. The van der Waals surface area contributed by atoms with Crippen molar-refractivity contribution >= 4 is 33.1 Å². The van der Waals surface area contributed by atoms with Crippen LogP contribution in [0.1, 0.15) is 17.7 Å². The Kier molecular flexibility index (Phi) is 9.48. The molecular weight excluding hydrogens is 568 g/mol. The molecule has 0 spiro atoms. The number of hydrogen-bond donors (Lipinski definition) is 3. The first kappa shape index (κ1) is 29.9. The van der Waals surface area contributed by atoms with Crippen molar-refractivity contribution < 1.29 is 22.7 Å². The Hall–Kier alpha value is -4.55. The Morgan fingerprint density at radius 2 is 1.72 bits per heavy atom. The summed E-state index contributed by atoms with van der Waals surface area (Å²) in [4.78, 5) is 14.8. The summed E-state index contributed by atoms with van der Waals surface area (Å²) in [5.74, 6) is 0.617. The van der Waals surface area contributed by atoms with Crippen molar-refractivity contribution in [3.05, 3.63) is 90.3 Å². The second-order valence-corrected chi connectivity index (χ2v) is 11.8. The van der Waals surface area contributed by atoms with E-state index in [4.69, 9.17) is 9.47 Å². The number of ether oxygens (including phenoxy) is 2. The van der Waals surface area contributed by atoms with Gasteiger partial charge in [0.15, 0.2) is 0 Å². The fourth-order valence-electron chi connectivity index (χ4n) is 4.85. The van der Waals surface area contributed by atoms with Gasteiger partial charge in [-0.25, -0.2) is 17.9 Å². The molecular formula is C31H36N6O5S. The van der Waals surface area contributed by atoms with Crippen LogP contribution in [0.5, 0.6) is 5.75 Å². The van der Waals surface area contributed by atoms with E-state index in [1.807, 2.05) is 53.0 Å². The zero-order valence-electron chi connectivity index (χ0n) is 24.2. The third-order valence-electron chi connectivity index (χ3n) is 7.13. The van der Waals surface area contributed by atoms with Gasteiger partial charge in [-0.15, -0.1) is 0 Å². The number of sulfonamides is 1. The van der Waals surface area contributed by atoms with E-state index in [0.717, 1.165) is 29.8 Å². The van der Waals surface area contributed by atoms with E-state index in [1.165, 1.54) is 6.07 Å². The number of para-hydroxylation sites is 1. The number of carbonyl (C=O) groups is 1. The lowest BCUT2D eigenvalue weighted by molar-refractivity contribution is 0.122. The lowest BCUT2D eigenvalue weighted by atomic mass is 10.1. The van der Waals surface area contributed by atoms with Crippen molar-refractivity contribution in [1.82, 2.24) is 15.1 Å². The molecule has 0 aliphatic carbocycles. The molecule has 0 saturated carbocycles. The minimum absolute atomic E-state index is 0.0638. The van der Waals surface area contributed by atoms with Gasteiger partial charge >= 0.3 is 6.03 Å². The number of benzene rings is 3. The van der Waals surface area contributed by atoms with E-state index in [-0.39, 0.29) is 4.90 Å². The van der Waals surface area contributed by atoms with Gasteiger partial charge in [-0.1, -0.05) is 18.2 Å². The van der Waals surface area contributed by atoms with E-state index in [2.05, 4.69) is 20.5 Å². The van der Waals surface area contributed by atoms with Crippen molar-refractivity contribution in [2.24, 2.45) is 0 Å². The number of nitrogens with one attached hydrogen (secondary N) is 3. The maximum absolute atomic E-state index is 13.6. The Bertz CT molecular complexity index is 1640. The molecule has 0 unspecified atom stereocenters. The van der Waals surface area contributed by atoms with E-state index in [1.54, 1.807) is 43.5 Å². The van der Waals surface area contributed by atoms with Crippen molar-refractivity contribution in [3.8, 4) is 11.4 Å². The van der Waals surface area contributed by atoms with Crippen LogP contribution in [-0.4, -0.2) is 64.2 Å². The molecule has 11 nitrogen and oxygen atoms in total. The average molecular weight is 605 g/mol. The average Bonchev–Trinajstić information content (AvgIpc) is 3.40. The Morgan fingerprint density at radius 1 is 1.00 bits per heavy atom. The van der Waals surface area contributed by atoms with Gasteiger partial charge in [0, 0.05) is 37.2 Å². The smallest absolute Gasteiger partial charge is 0.319 e. The molecule has 0 radical (unpaired) electrons. The summed E-state index contributed by atoms with van der Waals surface area (Å²) >= 11 is 0. The molecule has 43 heavy (non-hydrogen) atoms. The largest absolute Gasteiger partial charge is 0.497 e. The standard InChI is InChI=1S/C31H36N6O5S/c1-23-24(22-37(34-23)27-8-4-3-5-9-27)7-6-16-32-31(38)33-26-12-15-29(36-17-19-42-20-18-36)30(21-26)43(39,40)35-25-10-13-28(41-2)14-11-25/h3-5,8-15,21-22,35H,6-7,16-20H2,1-2H3,(H2,32,33,38). The Labute approximate surface area is 251 Å². The Morgan fingerprint density at radius 3 is 2.44 bits per heavy atom. The minimum atomic E-state index is -4.00. The first-order valence-corrected chi connectivity index (χ1v) is 15.6. The summed E-state index contributed by atoms with van der Waals surface area (Å²) in [5, 5.41) is 10.2. The molecule has 0 atom stereocenters. The van der Waals surface area contributed by atoms with Crippen molar-refractivity contribution in [1.29, 1.82) is 0 Å². The lowest BCUT2D eigenvalue weighted by Crippen LogP contribution is -2.37. The van der Waals surface area contributed by atoms with Gasteiger partial charge in [0.05, 0.1) is 37.4 Å². The number of urea groups is 1. The normalized spacial score (nSPS) is 13.4. The van der Waals surface area contributed by atoms with Crippen molar-refractivity contribution in [3.63, 3.8) is 0 Å². The summed E-state index contributed by atoms with van der Waals surface area (Å²) < 4.78 is 42.3. The zero-order valence-corrected chi connectivity index (χ0v) is 25.1. The molecule has 1 saturated heterocycles. The molecule has 1 aliphatic heterocycles. The summed E-state index contributed by atoms with van der Waals surface area (Å²) in [6, 6.07) is 21.0. The molecule has 1 fully saturated rings. The number of rotatable bonds is 11. The summed E-state index contributed by atoms with van der Waals surface area (Å²) in [5.41, 5.74) is 4.37. The second-order valence-electron chi connectivity index (χ2n) is 10.1. The van der Waals surface area contributed by atoms with Crippen LogP contribution in [0.25, 0.3) is 5.69 Å². The fraction of sp³-hybridized carbons (Fsp3) is 0.290. The third-order valence-corrected chi connectivity index (χ3v) is 8.54. The first-order valence-electron chi connectivity index (χ1n) is 14.1.